The highest BCUT2D eigenvalue weighted by Crippen LogP contribution is 2.19. The van der Waals surface area contributed by atoms with Gasteiger partial charge in [0, 0.05) is 11.6 Å². The van der Waals surface area contributed by atoms with Crippen molar-refractivity contribution in [1.82, 2.24) is 4.98 Å². The minimum atomic E-state index is 0.508. The van der Waals surface area contributed by atoms with Gasteiger partial charge in [0.2, 0.25) is 0 Å². The fraction of sp³-hybridized carbons (Fsp3) is 0.357. The zero-order valence-electron chi connectivity index (χ0n) is 9.90. The number of benzene rings is 1. The summed E-state index contributed by atoms with van der Waals surface area (Å²) in [5.41, 5.74) is 9.29. The van der Waals surface area contributed by atoms with Crippen LogP contribution in [0.3, 0.4) is 0 Å². The molecule has 0 aliphatic heterocycles. The monoisotopic (exact) mass is 214 g/mol. The van der Waals surface area contributed by atoms with E-state index in [1.54, 1.807) is 0 Å². The van der Waals surface area contributed by atoms with E-state index in [1.807, 2.05) is 6.20 Å². The van der Waals surface area contributed by atoms with E-state index in [4.69, 9.17) is 5.73 Å². The highest BCUT2D eigenvalue weighted by molar-refractivity contribution is 5.82. The van der Waals surface area contributed by atoms with Crippen LogP contribution in [0.5, 0.6) is 0 Å². The number of para-hydroxylation sites is 1. The molecule has 0 amide bonds. The number of nitrogens with zero attached hydrogens (tertiary/aromatic N) is 1. The van der Waals surface area contributed by atoms with Crippen LogP contribution in [0, 0.1) is 12.8 Å². The molecule has 0 radical (unpaired) electrons. The van der Waals surface area contributed by atoms with Gasteiger partial charge in [0.25, 0.3) is 0 Å². The van der Waals surface area contributed by atoms with E-state index in [9.17, 15) is 0 Å². The lowest BCUT2D eigenvalue weighted by Crippen LogP contribution is -2.13. The minimum Gasteiger partial charge on any atom is -0.330 e. The molecular formula is C14H18N2. The van der Waals surface area contributed by atoms with Crippen molar-refractivity contribution in [2.75, 3.05) is 6.54 Å². The number of nitrogens with two attached hydrogens (primary N) is 1. The zero-order valence-corrected chi connectivity index (χ0v) is 9.90. The molecule has 0 bridgehead atoms. The largest absolute Gasteiger partial charge is 0.330 e. The number of hydrogen-bond acceptors (Lipinski definition) is 2. The third-order valence-electron chi connectivity index (χ3n) is 2.90. The van der Waals surface area contributed by atoms with E-state index in [1.165, 1.54) is 16.5 Å². The summed E-state index contributed by atoms with van der Waals surface area (Å²) >= 11 is 0. The van der Waals surface area contributed by atoms with Gasteiger partial charge in [0.05, 0.1) is 5.52 Å². The van der Waals surface area contributed by atoms with Crippen LogP contribution in [-0.4, -0.2) is 11.5 Å². The maximum Gasteiger partial charge on any atom is 0.0734 e. The standard InChI is InChI=1S/C14H18N2/c1-10(8-15)6-12-4-3-5-13-7-11(2)9-16-14(12)13/h3-5,7,9-10H,6,8,15H2,1-2H3. The Hall–Kier alpha value is -1.41. The molecule has 0 aliphatic carbocycles. The van der Waals surface area contributed by atoms with Crippen LogP contribution in [0.15, 0.2) is 30.5 Å². The molecule has 16 heavy (non-hydrogen) atoms. The van der Waals surface area contributed by atoms with Crippen molar-refractivity contribution >= 4 is 10.9 Å². The summed E-state index contributed by atoms with van der Waals surface area (Å²) in [6.07, 6.45) is 2.93. The first kappa shape index (κ1) is 11.1. The Kier molecular flexibility index (Phi) is 3.20. The van der Waals surface area contributed by atoms with Crippen LogP contribution < -0.4 is 5.73 Å². The summed E-state index contributed by atoms with van der Waals surface area (Å²) in [7, 11) is 0. The summed E-state index contributed by atoms with van der Waals surface area (Å²) in [5.74, 6) is 0.508. The van der Waals surface area contributed by atoms with E-state index < -0.39 is 0 Å². The number of pyridine rings is 1. The molecule has 2 nitrogen and oxygen atoms in total. The van der Waals surface area contributed by atoms with E-state index in [-0.39, 0.29) is 0 Å². The van der Waals surface area contributed by atoms with Gasteiger partial charge in [0.1, 0.15) is 0 Å². The molecular weight excluding hydrogens is 196 g/mol. The average molecular weight is 214 g/mol. The summed E-state index contributed by atoms with van der Waals surface area (Å²) in [6, 6.07) is 8.55. The summed E-state index contributed by atoms with van der Waals surface area (Å²) < 4.78 is 0. The fourth-order valence-corrected chi connectivity index (χ4v) is 1.96. The number of fused-ring (bicyclic) bond motifs is 1. The smallest absolute Gasteiger partial charge is 0.0734 e. The minimum absolute atomic E-state index is 0.508. The van der Waals surface area contributed by atoms with Gasteiger partial charge in [-0.3, -0.25) is 4.98 Å². The molecule has 0 fully saturated rings. The van der Waals surface area contributed by atoms with E-state index in [0.29, 0.717) is 5.92 Å². The Labute approximate surface area is 96.5 Å². The molecule has 2 N–H and O–H groups in total. The number of aryl methyl sites for hydroxylation is 1. The predicted molar refractivity (Wildman–Crippen MR) is 68.4 cm³/mol. The molecule has 0 saturated heterocycles. The first-order valence-electron chi connectivity index (χ1n) is 5.75. The van der Waals surface area contributed by atoms with Crippen molar-refractivity contribution in [2.24, 2.45) is 11.7 Å². The van der Waals surface area contributed by atoms with Gasteiger partial charge >= 0.3 is 0 Å². The van der Waals surface area contributed by atoms with Crippen LogP contribution >= 0.6 is 0 Å². The Balaban J connectivity index is 2.45. The molecule has 1 atom stereocenters. The van der Waals surface area contributed by atoms with Gasteiger partial charge in [-0.15, -0.1) is 0 Å². The average Bonchev–Trinajstić information content (AvgIpc) is 2.28. The van der Waals surface area contributed by atoms with Crippen molar-refractivity contribution in [2.45, 2.75) is 20.3 Å². The normalized spacial score (nSPS) is 12.9. The van der Waals surface area contributed by atoms with Gasteiger partial charge < -0.3 is 5.73 Å². The van der Waals surface area contributed by atoms with Crippen molar-refractivity contribution in [3.05, 3.63) is 41.6 Å². The third kappa shape index (κ3) is 2.22. The van der Waals surface area contributed by atoms with Crippen LogP contribution in [-0.2, 0) is 6.42 Å². The van der Waals surface area contributed by atoms with Crippen LogP contribution in [0.2, 0.25) is 0 Å². The zero-order chi connectivity index (χ0) is 11.5. The van der Waals surface area contributed by atoms with E-state index in [2.05, 4.69) is 43.1 Å². The molecule has 2 rings (SSSR count). The van der Waals surface area contributed by atoms with Crippen molar-refractivity contribution in [1.29, 1.82) is 0 Å². The molecule has 1 aromatic carbocycles. The van der Waals surface area contributed by atoms with E-state index >= 15 is 0 Å². The number of hydrogen-bond donors (Lipinski definition) is 1. The van der Waals surface area contributed by atoms with E-state index in [0.717, 1.165) is 18.5 Å². The van der Waals surface area contributed by atoms with Gasteiger partial charge in [-0.2, -0.15) is 0 Å². The molecule has 1 aromatic heterocycles. The van der Waals surface area contributed by atoms with Crippen molar-refractivity contribution in [3.8, 4) is 0 Å². The third-order valence-corrected chi connectivity index (χ3v) is 2.90. The van der Waals surface area contributed by atoms with Crippen LogP contribution in [0.1, 0.15) is 18.1 Å². The molecule has 0 saturated carbocycles. The molecule has 0 aliphatic rings. The number of aromatic nitrogens is 1. The highest BCUT2D eigenvalue weighted by atomic mass is 14.7. The highest BCUT2D eigenvalue weighted by Gasteiger charge is 2.06. The predicted octanol–water partition coefficient (Wildman–Crippen LogP) is 2.68. The first-order chi connectivity index (χ1) is 7.70. The van der Waals surface area contributed by atoms with Crippen LogP contribution in [0.25, 0.3) is 10.9 Å². The second-order valence-electron chi connectivity index (χ2n) is 4.55. The lowest BCUT2D eigenvalue weighted by Gasteiger charge is -2.10. The quantitative estimate of drug-likeness (QED) is 0.853. The van der Waals surface area contributed by atoms with Gasteiger partial charge in [-0.1, -0.05) is 25.1 Å². The Morgan fingerprint density at radius 1 is 1.38 bits per heavy atom. The lowest BCUT2D eigenvalue weighted by atomic mass is 9.98. The van der Waals surface area contributed by atoms with Crippen molar-refractivity contribution in [3.63, 3.8) is 0 Å². The molecule has 84 valence electrons. The SMILES string of the molecule is Cc1cnc2c(CC(C)CN)cccc2c1. The summed E-state index contributed by atoms with van der Waals surface area (Å²) in [6.45, 7) is 4.97. The Bertz CT molecular complexity index is 491. The lowest BCUT2D eigenvalue weighted by molar-refractivity contribution is 0.595. The second kappa shape index (κ2) is 4.62. The molecule has 1 heterocycles. The van der Waals surface area contributed by atoms with Crippen LogP contribution in [0.4, 0.5) is 0 Å². The molecule has 1 unspecified atom stereocenters. The van der Waals surface area contributed by atoms with Crippen molar-refractivity contribution < 1.29 is 0 Å². The molecule has 2 heteroatoms. The van der Waals surface area contributed by atoms with Gasteiger partial charge in [-0.05, 0) is 43.0 Å². The second-order valence-corrected chi connectivity index (χ2v) is 4.55. The summed E-state index contributed by atoms with van der Waals surface area (Å²) in [5, 5.41) is 1.22. The molecule has 2 aromatic rings. The topological polar surface area (TPSA) is 38.9 Å². The Morgan fingerprint density at radius 3 is 2.94 bits per heavy atom. The maximum absolute atomic E-state index is 5.67. The first-order valence-corrected chi connectivity index (χ1v) is 5.75. The fourth-order valence-electron chi connectivity index (χ4n) is 1.96. The van der Waals surface area contributed by atoms with Gasteiger partial charge in [0.15, 0.2) is 0 Å². The van der Waals surface area contributed by atoms with Gasteiger partial charge in [-0.25, -0.2) is 0 Å². The number of rotatable bonds is 3. The maximum atomic E-state index is 5.67. The summed E-state index contributed by atoms with van der Waals surface area (Å²) in [4.78, 5) is 4.53. The molecule has 0 spiro atoms. The Morgan fingerprint density at radius 2 is 2.19 bits per heavy atom.